The molecule has 4 nitrogen and oxygen atoms in total. The third-order valence-corrected chi connectivity index (χ3v) is 2.68. The van der Waals surface area contributed by atoms with Gasteiger partial charge in [-0.25, -0.2) is 0 Å². The SMILES string of the molecule is CCN(CC)CC.CCN(CC)CC.OP(O)(=S)S. The summed E-state index contributed by atoms with van der Waals surface area (Å²) in [6, 6.07) is 0. The predicted molar refractivity (Wildman–Crippen MR) is 94.6 cm³/mol. The molecule has 120 valence electrons. The Bertz CT molecular complexity index is 177. The molecule has 2 N–H and O–H groups in total. The van der Waals surface area contributed by atoms with Gasteiger partial charge in [0.1, 0.15) is 0 Å². The third-order valence-electron chi connectivity index (χ3n) is 2.68. The fraction of sp³-hybridized carbons (Fsp3) is 1.00. The lowest BCUT2D eigenvalue weighted by Gasteiger charge is -2.13. The Balaban J connectivity index is -0.000000206. The Labute approximate surface area is 130 Å². The van der Waals surface area contributed by atoms with E-state index in [1.54, 1.807) is 0 Å². The van der Waals surface area contributed by atoms with E-state index in [0.29, 0.717) is 0 Å². The van der Waals surface area contributed by atoms with Crippen LogP contribution in [0, 0.1) is 0 Å². The van der Waals surface area contributed by atoms with Gasteiger partial charge in [-0.2, -0.15) is 0 Å². The van der Waals surface area contributed by atoms with E-state index in [-0.39, 0.29) is 0 Å². The molecule has 0 aliphatic rings. The summed E-state index contributed by atoms with van der Waals surface area (Å²) >= 11 is 7.07. The maximum Gasteiger partial charge on any atom is 0.239 e. The molecule has 0 aromatic heterocycles. The van der Waals surface area contributed by atoms with Crippen molar-refractivity contribution in [2.24, 2.45) is 0 Å². The summed E-state index contributed by atoms with van der Waals surface area (Å²) in [6.45, 7) is 20.2. The Morgan fingerprint density at radius 1 is 0.737 bits per heavy atom. The van der Waals surface area contributed by atoms with Crippen LogP contribution in [0.1, 0.15) is 41.5 Å². The lowest BCUT2D eigenvalue weighted by Crippen LogP contribution is -2.21. The zero-order chi connectivity index (χ0) is 15.9. The highest BCUT2D eigenvalue weighted by Crippen LogP contribution is 2.39. The first-order valence-electron chi connectivity index (χ1n) is 6.92. The molecule has 0 fully saturated rings. The van der Waals surface area contributed by atoms with Crippen LogP contribution in [0.4, 0.5) is 0 Å². The van der Waals surface area contributed by atoms with Gasteiger partial charge in [-0.3, -0.25) is 0 Å². The van der Waals surface area contributed by atoms with Crippen molar-refractivity contribution in [2.45, 2.75) is 41.5 Å². The topological polar surface area (TPSA) is 46.9 Å². The maximum absolute atomic E-state index is 7.87. The monoisotopic (exact) mass is 332 g/mol. The van der Waals surface area contributed by atoms with Crippen molar-refractivity contribution in [2.75, 3.05) is 39.3 Å². The quantitative estimate of drug-likeness (QED) is 0.516. The minimum atomic E-state index is -3.11. The van der Waals surface area contributed by atoms with Crippen molar-refractivity contribution in [1.29, 1.82) is 0 Å². The Morgan fingerprint density at radius 2 is 0.842 bits per heavy atom. The molecule has 0 heterocycles. The molecular weight excluding hydrogens is 299 g/mol. The third kappa shape index (κ3) is 32.4. The molecule has 7 heteroatoms. The smallest absolute Gasteiger partial charge is 0.239 e. The zero-order valence-corrected chi connectivity index (χ0v) is 15.9. The number of hydrogen-bond donors (Lipinski definition) is 3. The largest absolute Gasteiger partial charge is 0.338 e. The number of rotatable bonds is 6. The van der Waals surface area contributed by atoms with E-state index in [0.717, 1.165) is 0 Å². The average Bonchev–Trinajstić information content (AvgIpc) is 2.32. The highest BCUT2D eigenvalue weighted by atomic mass is 32.9. The van der Waals surface area contributed by atoms with Gasteiger partial charge in [0.2, 0.25) is 5.69 Å². The van der Waals surface area contributed by atoms with E-state index >= 15 is 0 Å². The second-order valence-corrected chi connectivity index (χ2v) is 8.79. The molecule has 0 saturated carbocycles. The van der Waals surface area contributed by atoms with Crippen LogP contribution in [0.5, 0.6) is 0 Å². The minimum Gasteiger partial charge on any atom is -0.338 e. The Hall–Kier alpha value is 0.840. The van der Waals surface area contributed by atoms with E-state index in [1.807, 2.05) is 0 Å². The molecule has 0 saturated heterocycles. The van der Waals surface area contributed by atoms with Crippen molar-refractivity contribution in [3.63, 3.8) is 0 Å². The molecule has 0 amide bonds. The number of nitrogens with zero attached hydrogens (tertiary/aromatic N) is 2. The molecule has 0 aromatic carbocycles. The Kier molecular flexibility index (Phi) is 22.1. The molecule has 0 unspecified atom stereocenters. The molecule has 0 aliphatic heterocycles. The average molecular weight is 333 g/mol. The molecule has 0 atom stereocenters. The van der Waals surface area contributed by atoms with Crippen molar-refractivity contribution < 1.29 is 9.79 Å². The molecule has 0 bridgehead atoms. The van der Waals surface area contributed by atoms with E-state index in [1.165, 1.54) is 39.3 Å². The summed E-state index contributed by atoms with van der Waals surface area (Å²) in [4.78, 5) is 20.5. The van der Waals surface area contributed by atoms with Crippen molar-refractivity contribution in [1.82, 2.24) is 9.80 Å². The van der Waals surface area contributed by atoms with Crippen LogP contribution in [0.3, 0.4) is 0 Å². The fourth-order valence-corrected chi connectivity index (χ4v) is 1.34. The summed E-state index contributed by atoms with van der Waals surface area (Å²) in [5.74, 6) is 0. The van der Waals surface area contributed by atoms with Gasteiger partial charge in [0.05, 0.1) is 0 Å². The molecule has 0 rings (SSSR count). The maximum atomic E-state index is 7.87. The first kappa shape index (κ1) is 24.8. The molecule has 0 aliphatic carbocycles. The van der Waals surface area contributed by atoms with Gasteiger partial charge in [-0.05, 0) is 51.1 Å². The van der Waals surface area contributed by atoms with Gasteiger partial charge in [0.25, 0.3) is 0 Å². The molecule has 0 aromatic rings. The van der Waals surface area contributed by atoms with Crippen LogP contribution in [0.2, 0.25) is 0 Å². The van der Waals surface area contributed by atoms with Crippen LogP contribution >= 0.6 is 17.9 Å². The summed E-state index contributed by atoms with van der Waals surface area (Å²) < 4.78 is 0. The fourth-order valence-electron chi connectivity index (χ4n) is 1.34. The molecular formula is C12H33N2O2PS2. The van der Waals surface area contributed by atoms with E-state index in [4.69, 9.17) is 9.79 Å². The van der Waals surface area contributed by atoms with Crippen LogP contribution < -0.4 is 0 Å². The van der Waals surface area contributed by atoms with E-state index in [9.17, 15) is 0 Å². The van der Waals surface area contributed by atoms with Crippen molar-refractivity contribution in [3.8, 4) is 0 Å². The highest BCUT2D eigenvalue weighted by molar-refractivity contribution is 8.59. The summed E-state index contributed by atoms with van der Waals surface area (Å²) in [5, 5.41) is 0. The van der Waals surface area contributed by atoms with Gasteiger partial charge in [0, 0.05) is 0 Å². The van der Waals surface area contributed by atoms with Gasteiger partial charge in [-0.15, -0.1) is 0 Å². The number of thiol groups is 1. The second kappa shape index (κ2) is 16.9. The van der Waals surface area contributed by atoms with Gasteiger partial charge < -0.3 is 19.6 Å². The van der Waals surface area contributed by atoms with Crippen LogP contribution in [0.25, 0.3) is 0 Å². The van der Waals surface area contributed by atoms with Crippen LogP contribution in [-0.4, -0.2) is 58.9 Å². The van der Waals surface area contributed by atoms with Gasteiger partial charge in [0.15, 0.2) is 0 Å². The molecule has 0 radical (unpaired) electrons. The summed E-state index contributed by atoms with van der Waals surface area (Å²) in [5.41, 5.74) is -3.11. The van der Waals surface area contributed by atoms with Crippen molar-refractivity contribution in [3.05, 3.63) is 0 Å². The lowest BCUT2D eigenvalue weighted by molar-refractivity contribution is 0.321. The first-order valence-corrected chi connectivity index (χ1v) is 10.8. The van der Waals surface area contributed by atoms with Crippen molar-refractivity contribution >= 4 is 29.7 Å². The van der Waals surface area contributed by atoms with Crippen LogP contribution in [-0.2, 0) is 11.8 Å². The molecule has 19 heavy (non-hydrogen) atoms. The van der Waals surface area contributed by atoms with Crippen LogP contribution in [0.15, 0.2) is 0 Å². The lowest BCUT2D eigenvalue weighted by atomic mass is 10.5. The second-order valence-electron chi connectivity index (χ2n) is 3.75. The zero-order valence-electron chi connectivity index (χ0n) is 13.3. The predicted octanol–water partition coefficient (Wildman–Crippen LogP) is 2.82. The van der Waals surface area contributed by atoms with E-state index < -0.39 is 5.69 Å². The first-order chi connectivity index (χ1) is 8.69. The van der Waals surface area contributed by atoms with Gasteiger partial charge >= 0.3 is 0 Å². The summed E-state index contributed by atoms with van der Waals surface area (Å²) in [7, 11) is 0. The highest BCUT2D eigenvalue weighted by Gasteiger charge is 1.90. The number of hydrogen-bond acceptors (Lipinski definition) is 3. The van der Waals surface area contributed by atoms with Gasteiger partial charge in [-0.1, -0.05) is 53.8 Å². The standard InChI is InChI=1S/2C6H15N.H3O2PS2/c2*1-4-7(5-2)6-3;1-3(2,4)5/h2*4-6H2,1-3H3;(H3,1,2,4,5). The minimum absolute atomic E-state index is 1.19. The summed E-state index contributed by atoms with van der Waals surface area (Å²) in [6.07, 6.45) is 0. The Morgan fingerprint density at radius 3 is 0.842 bits per heavy atom. The molecule has 0 spiro atoms. The normalized spacial score (nSPS) is 10.7. The van der Waals surface area contributed by atoms with E-state index in [2.05, 4.69) is 75.4 Å².